The molecule has 5 aromatic rings. The van der Waals surface area contributed by atoms with Crippen LogP contribution in [0.15, 0.2) is 60.1 Å². The number of benzene rings is 2. The highest BCUT2D eigenvalue weighted by atomic mass is 32.1. The van der Waals surface area contributed by atoms with E-state index in [-0.39, 0.29) is 11.9 Å². The number of aryl methyl sites for hydroxylation is 2. The molecule has 0 spiro atoms. The van der Waals surface area contributed by atoms with Crippen LogP contribution in [0.5, 0.6) is 0 Å². The maximum atomic E-state index is 14.0. The number of rotatable bonds is 2. The monoisotopic (exact) mass is 426 g/mol. The molecule has 2 aromatic carbocycles. The van der Waals surface area contributed by atoms with E-state index in [1.807, 2.05) is 27.8 Å². The van der Waals surface area contributed by atoms with E-state index in [4.69, 9.17) is 0 Å². The zero-order valence-electron chi connectivity index (χ0n) is 17.4. The minimum atomic E-state index is -0.159. The summed E-state index contributed by atoms with van der Waals surface area (Å²) in [5.41, 5.74) is 7.35. The summed E-state index contributed by atoms with van der Waals surface area (Å²) in [6.45, 7) is 4.72. The van der Waals surface area contributed by atoms with E-state index in [9.17, 15) is 4.79 Å². The number of H-pyrrole nitrogens is 1. The highest BCUT2D eigenvalue weighted by Crippen LogP contribution is 2.40. The van der Waals surface area contributed by atoms with Crippen molar-refractivity contribution in [2.75, 3.05) is 6.54 Å². The lowest BCUT2D eigenvalue weighted by atomic mass is 9.90. The lowest BCUT2D eigenvalue weighted by Crippen LogP contribution is -2.41. The number of para-hydroxylation sites is 1. The molecule has 1 aliphatic heterocycles. The van der Waals surface area contributed by atoms with Gasteiger partial charge in [0.1, 0.15) is 5.69 Å². The molecule has 0 saturated heterocycles. The molecule has 154 valence electrons. The molecular weight excluding hydrogens is 404 g/mol. The Balaban J connectivity index is 1.56. The third kappa shape index (κ3) is 2.68. The molecule has 0 fully saturated rings. The van der Waals surface area contributed by atoms with Gasteiger partial charge in [0.05, 0.1) is 11.7 Å². The number of hydrogen-bond acceptors (Lipinski definition) is 3. The van der Waals surface area contributed by atoms with Crippen LogP contribution < -0.4 is 0 Å². The van der Waals surface area contributed by atoms with E-state index in [1.165, 1.54) is 16.5 Å². The first-order valence-electron chi connectivity index (χ1n) is 10.5. The minimum Gasteiger partial charge on any atom is -0.356 e. The van der Waals surface area contributed by atoms with Crippen molar-refractivity contribution in [3.63, 3.8) is 0 Å². The summed E-state index contributed by atoms with van der Waals surface area (Å²) in [4.78, 5) is 25.1. The van der Waals surface area contributed by atoms with Crippen LogP contribution in [-0.4, -0.2) is 31.7 Å². The maximum absolute atomic E-state index is 14.0. The van der Waals surface area contributed by atoms with Crippen LogP contribution in [0.1, 0.15) is 44.6 Å². The topological polar surface area (TPSA) is 53.4 Å². The molecule has 0 saturated carbocycles. The van der Waals surface area contributed by atoms with Crippen molar-refractivity contribution in [3.05, 3.63) is 93.9 Å². The highest BCUT2D eigenvalue weighted by molar-refractivity contribution is 7.15. The van der Waals surface area contributed by atoms with Gasteiger partial charge in [0.15, 0.2) is 4.96 Å². The molecule has 4 heterocycles. The van der Waals surface area contributed by atoms with Gasteiger partial charge in [-0.05, 0) is 43.0 Å². The number of aromatic nitrogens is 3. The number of amides is 1. The van der Waals surface area contributed by atoms with Gasteiger partial charge in [-0.2, -0.15) is 0 Å². The number of carbonyl (C=O) groups is 1. The average molecular weight is 427 g/mol. The first kappa shape index (κ1) is 18.4. The molecule has 31 heavy (non-hydrogen) atoms. The quantitative estimate of drug-likeness (QED) is 0.417. The van der Waals surface area contributed by atoms with Crippen LogP contribution in [-0.2, 0) is 6.42 Å². The SMILES string of the molecule is Cc1ccccc1C1c2[nH]c3ccccc3c2CCN1C(=O)c1c(C)nc2sccn12. The second kappa shape index (κ2) is 6.82. The van der Waals surface area contributed by atoms with Crippen molar-refractivity contribution < 1.29 is 4.79 Å². The first-order chi connectivity index (χ1) is 15.1. The summed E-state index contributed by atoms with van der Waals surface area (Å²) in [7, 11) is 0. The summed E-state index contributed by atoms with van der Waals surface area (Å²) in [5, 5.41) is 3.23. The Bertz CT molecular complexity index is 1460. The maximum Gasteiger partial charge on any atom is 0.273 e. The number of fused-ring (bicyclic) bond motifs is 4. The predicted molar refractivity (Wildman–Crippen MR) is 124 cm³/mol. The summed E-state index contributed by atoms with van der Waals surface area (Å²) in [6.07, 6.45) is 2.77. The van der Waals surface area contributed by atoms with Gasteiger partial charge in [-0.25, -0.2) is 4.98 Å². The number of aromatic amines is 1. The fraction of sp³-hybridized carbons (Fsp3) is 0.200. The Morgan fingerprint density at radius 2 is 1.94 bits per heavy atom. The summed E-state index contributed by atoms with van der Waals surface area (Å²) >= 11 is 1.55. The molecule has 5 nitrogen and oxygen atoms in total. The van der Waals surface area contributed by atoms with Gasteiger partial charge >= 0.3 is 0 Å². The lowest BCUT2D eigenvalue weighted by molar-refractivity contribution is 0.0683. The van der Waals surface area contributed by atoms with Crippen molar-refractivity contribution in [1.29, 1.82) is 0 Å². The average Bonchev–Trinajstić information content (AvgIpc) is 3.45. The first-order valence-corrected chi connectivity index (χ1v) is 11.4. The predicted octanol–water partition coefficient (Wildman–Crippen LogP) is 5.28. The van der Waals surface area contributed by atoms with E-state index in [1.54, 1.807) is 11.3 Å². The Labute approximate surface area is 184 Å². The molecule has 1 atom stereocenters. The number of imidazole rings is 1. The molecule has 1 N–H and O–H groups in total. The fourth-order valence-corrected chi connectivity index (χ4v) is 5.72. The number of nitrogens with one attached hydrogen (secondary N) is 1. The van der Waals surface area contributed by atoms with Crippen LogP contribution in [0.25, 0.3) is 15.9 Å². The van der Waals surface area contributed by atoms with E-state index >= 15 is 0 Å². The second-order valence-electron chi connectivity index (χ2n) is 8.17. The molecular formula is C25H22N4OS. The number of thiazole rings is 1. The summed E-state index contributed by atoms with van der Waals surface area (Å²) < 4.78 is 1.93. The van der Waals surface area contributed by atoms with Gasteiger partial charge in [0.25, 0.3) is 5.91 Å². The molecule has 1 unspecified atom stereocenters. The Morgan fingerprint density at radius 3 is 2.81 bits per heavy atom. The molecule has 1 amide bonds. The molecule has 0 bridgehead atoms. The number of nitrogens with zero attached hydrogens (tertiary/aromatic N) is 3. The normalized spacial score (nSPS) is 16.2. The van der Waals surface area contributed by atoms with E-state index in [0.29, 0.717) is 12.2 Å². The largest absolute Gasteiger partial charge is 0.356 e. The lowest BCUT2D eigenvalue weighted by Gasteiger charge is -2.37. The van der Waals surface area contributed by atoms with Crippen LogP contribution in [0.3, 0.4) is 0 Å². The Kier molecular flexibility index (Phi) is 4.05. The highest BCUT2D eigenvalue weighted by Gasteiger charge is 2.37. The summed E-state index contributed by atoms with van der Waals surface area (Å²) in [6, 6.07) is 16.6. The molecule has 1 aliphatic rings. The van der Waals surface area contributed by atoms with Crippen LogP contribution in [0, 0.1) is 13.8 Å². The standard InChI is InChI=1S/C25H22N4OS/c1-15-7-3-4-8-17(15)23-21-19(18-9-5-6-10-20(18)27-21)11-12-28(23)24(30)22-16(2)26-25-29(22)13-14-31-25/h3-10,13-14,23,27H,11-12H2,1-2H3. The van der Waals surface area contributed by atoms with Gasteiger partial charge in [-0.3, -0.25) is 9.20 Å². The minimum absolute atomic E-state index is 0.0287. The smallest absolute Gasteiger partial charge is 0.273 e. The van der Waals surface area contributed by atoms with E-state index in [2.05, 4.69) is 65.4 Å². The third-order valence-electron chi connectivity index (χ3n) is 6.42. The van der Waals surface area contributed by atoms with Crippen LogP contribution in [0.4, 0.5) is 0 Å². The molecule has 3 aromatic heterocycles. The number of hydrogen-bond donors (Lipinski definition) is 1. The number of carbonyl (C=O) groups excluding carboxylic acids is 1. The zero-order valence-corrected chi connectivity index (χ0v) is 18.2. The van der Waals surface area contributed by atoms with Crippen LogP contribution in [0.2, 0.25) is 0 Å². The molecule has 6 rings (SSSR count). The third-order valence-corrected chi connectivity index (χ3v) is 7.17. The Hall–Kier alpha value is -3.38. The van der Waals surface area contributed by atoms with Crippen molar-refractivity contribution in [2.45, 2.75) is 26.3 Å². The van der Waals surface area contributed by atoms with Crippen molar-refractivity contribution in [1.82, 2.24) is 19.3 Å². The van der Waals surface area contributed by atoms with E-state index < -0.39 is 0 Å². The molecule has 0 radical (unpaired) electrons. The second-order valence-corrected chi connectivity index (χ2v) is 9.04. The van der Waals surface area contributed by atoms with Crippen molar-refractivity contribution in [3.8, 4) is 0 Å². The van der Waals surface area contributed by atoms with Gasteiger partial charge in [0, 0.05) is 34.7 Å². The fourth-order valence-electron chi connectivity index (χ4n) is 4.96. The van der Waals surface area contributed by atoms with Crippen LogP contribution >= 0.6 is 11.3 Å². The summed E-state index contributed by atoms with van der Waals surface area (Å²) in [5.74, 6) is 0.0287. The van der Waals surface area contributed by atoms with Crippen molar-refractivity contribution in [2.24, 2.45) is 0 Å². The molecule has 0 aliphatic carbocycles. The molecule has 6 heteroatoms. The van der Waals surface area contributed by atoms with Gasteiger partial charge in [-0.15, -0.1) is 11.3 Å². The zero-order chi connectivity index (χ0) is 21.1. The van der Waals surface area contributed by atoms with Gasteiger partial charge in [0.2, 0.25) is 0 Å². The van der Waals surface area contributed by atoms with Crippen molar-refractivity contribution >= 4 is 33.1 Å². The van der Waals surface area contributed by atoms with Gasteiger partial charge < -0.3 is 9.88 Å². The van der Waals surface area contributed by atoms with E-state index in [0.717, 1.165) is 33.8 Å². The van der Waals surface area contributed by atoms with Gasteiger partial charge in [-0.1, -0.05) is 42.5 Å². The Morgan fingerprint density at radius 1 is 1.13 bits per heavy atom.